The molecule has 0 spiro atoms. The van der Waals surface area contributed by atoms with Crippen LogP contribution >= 0.6 is 0 Å². The van der Waals surface area contributed by atoms with E-state index in [1.807, 2.05) is 0 Å². The molecule has 0 heterocycles. The first-order chi connectivity index (χ1) is 22.6. The van der Waals surface area contributed by atoms with Crippen LogP contribution in [0.4, 0.5) is 17.6 Å². The Bertz CT molecular complexity index is 726. The van der Waals surface area contributed by atoms with Crippen LogP contribution in [-0.2, 0) is 58.8 Å². The third-order valence-corrected chi connectivity index (χ3v) is 22.7. The van der Waals surface area contributed by atoms with Gasteiger partial charge in [-0.05, 0) is 6.42 Å². The lowest BCUT2D eigenvalue weighted by Crippen LogP contribution is -2.45. The highest BCUT2D eigenvalue weighted by molar-refractivity contribution is 6.80. The van der Waals surface area contributed by atoms with Crippen LogP contribution in [0.1, 0.15) is 25.7 Å². The van der Waals surface area contributed by atoms with Crippen molar-refractivity contribution in [2.75, 3.05) is 97.5 Å². The van der Waals surface area contributed by atoms with Gasteiger partial charge in [0.2, 0.25) is 0 Å². The number of hydrogen-bond donors (Lipinski definition) is 0. The summed E-state index contributed by atoms with van der Waals surface area (Å²) < 4.78 is 122. The number of hydrogen-bond acceptors (Lipinski definition) is 13. The molecule has 0 fully saturated rings. The van der Waals surface area contributed by atoms with Crippen LogP contribution in [0.5, 0.6) is 0 Å². The molecule has 0 unspecified atom stereocenters. The molecule has 0 radical (unpaired) electrons. The second kappa shape index (κ2) is 24.3. The summed E-state index contributed by atoms with van der Waals surface area (Å²) in [7, 11) is 4.49. The second-order valence-electron chi connectivity index (χ2n) is 11.1. The van der Waals surface area contributed by atoms with Gasteiger partial charge in [-0.2, -0.15) is 8.78 Å². The van der Waals surface area contributed by atoms with Crippen molar-refractivity contribution in [3.8, 4) is 0 Å². The minimum absolute atomic E-state index is 0.00220. The number of ether oxygens (including phenoxy) is 4. The molecule has 0 saturated carbocycles. The Morgan fingerprint density at radius 3 is 1.08 bits per heavy atom. The van der Waals surface area contributed by atoms with E-state index in [9.17, 15) is 17.6 Å². The van der Waals surface area contributed by atoms with E-state index in [1.165, 1.54) is 0 Å². The van der Waals surface area contributed by atoms with E-state index in [4.69, 9.17) is 49.3 Å². The molecular weight excluding hydrogens is 721 g/mol. The lowest BCUT2D eigenvalue weighted by molar-refractivity contribution is -0.465. The first kappa shape index (κ1) is 48.1. The van der Waals surface area contributed by atoms with E-state index in [0.717, 1.165) is 49.9 Å². The zero-order valence-corrected chi connectivity index (χ0v) is 34.4. The Balaban J connectivity index is 5.69. The van der Waals surface area contributed by atoms with Gasteiger partial charge in [0.25, 0.3) is 0 Å². The zero-order chi connectivity index (χ0) is 36.8. The average Bonchev–Trinajstić information content (AvgIpc) is 3.08. The highest BCUT2D eigenvalue weighted by atomic mass is 28.4. The topological polar surface area (TPSA) is 120 Å². The Labute approximate surface area is 288 Å². The van der Waals surface area contributed by atoms with E-state index in [2.05, 4.69) is 9.47 Å². The minimum atomic E-state index is -4.43. The second-order valence-corrected chi connectivity index (χ2v) is 25.4. The summed E-state index contributed by atoms with van der Waals surface area (Å²) in [5.74, 6) is 0. The highest BCUT2D eigenvalue weighted by Crippen LogP contribution is 2.37. The summed E-state index contributed by atoms with van der Waals surface area (Å²) in [6.45, 7) is -1.24. The minimum Gasteiger partial charge on any atom is -0.379 e. The Hall–Kier alpha value is 0.0675. The summed E-state index contributed by atoms with van der Waals surface area (Å²) in [6.07, 6.45) is -5.43. The zero-order valence-electron chi connectivity index (χ0n) is 30.4. The van der Waals surface area contributed by atoms with Gasteiger partial charge in [-0.25, -0.2) is 4.74 Å². The number of halogens is 4. The average molecular weight is 781 g/mol. The molecule has 0 amide bonds. The number of alkyl halides is 4. The van der Waals surface area contributed by atoms with Crippen LogP contribution in [0.25, 0.3) is 0 Å². The van der Waals surface area contributed by atoms with Crippen LogP contribution < -0.4 is 0 Å². The Morgan fingerprint density at radius 2 is 0.750 bits per heavy atom. The van der Waals surface area contributed by atoms with Gasteiger partial charge in [0.15, 0.2) is 0 Å². The van der Waals surface area contributed by atoms with Gasteiger partial charge in [-0.1, -0.05) is 43.4 Å². The van der Waals surface area contributed by atoms with Crippen molar-refractivity contribution in [3.63, 3.8) is 0 Å². The van der Waals surface area contributed by atoms with Gasteiger partial charge in [0.1, 0.15) is 6.61 Å². The van der Waals surface area contributed by atoms with Crippen molar-refractivity contribution in [1.29, 1.82) is 0 Å². The van der Waals surface area contributed by atoms with E-state index >= 15 is 0 Å². The monoisotopic (exact) mass is 780 g/mol. The molecule has 0 atom stereocenters. The standard InChI is InChI=1S/C27H60F4O13Si4/c1-32-27(30,31)44-26(28,29)25-43-17-16-42-15-11-18-45(19-12-22-46(33-2,34-3)35-4,20-13-23-47(36-5,37-6)38-7)21-14-24-48(39-8,40-9)41-10/h11-25H2,1-10H3. The first-order valence-electron chi connectivity index (χ1n) is 15.8. The maximum atomic E-state index is 13.6. The van der Waals surface area contributed by atoms with Gasteiger partial charge in [-0.15, -0.1) is 8.78 Å². The molecule has 0 bridgehead atoms. The fourth-order valence-corrected chi connectivity index (χ4v) is 17.1. The number of rotatable bonds is 33. The normalized spacial score (nSPS) is 13.9. The molecule has 0 aromatic carbocycles. The van der Waals surface area contributed by atoms with E-state index in [1.54, 1.807) is 64.0 Å². The summed E-state index contributed by atoms with van der Waals surface area (Å²) in [6, 6.07) is 5.77. The van der Waals surface area contributed by atoms with E-state index in [0.29, 0.717) is 31.8 Å². The van der Waals surface area contributed by atoms with Gasteiger partial charge in [0, 0.05) is 95.8 Å². The molecule has 0 aromatic heterocycles. The Morgan fingerprint density at radius 1 is 0.417 bits per heavy atom. The Kier molecular flexibility index (Phi) is 24.4. The predicted molar refractivity (Wildman–Crippen MR) is 178 cm³/mol. The van der Waals surface area contributed by atoms with Gasteiger partial charge in [0.05, 0.1) is 21.3 Å². The lowest BCUT2D eigenvalue weighted by atomic mass is 10.5. The molecule has 0 rings (SSSR count). The van der Waals surface area contributed by atoms with Gasteiger partial charge < -0.3 is 49.3 Å². The fraction of sp³-hybridized carbons (Fsp3) is 1.00. The van der Waals surface area contributed by atoms with Gasteiger partial charge in [-0.3, -0.25) is 4.74 Å². The quantitative estimate of drug-likeness (QED) is 0.0363. The summed E-state index contributed by atoms with van der Waals surface area (Å²) in [5.41, 5.74) is 0. The largest absolute Gasteiger partial charge is 0.500 e. The molecule has 0 N–H and O–H groups in total. The summed E-state index contributed by atoms with van der Waals surface area (Å²) >= 11 is 0. The van der Waals surface area contributed by atoms with Crippen molar-refractivity contribution < 1.29 is 76.3 Å². The molecule has 13 nitrogen and oxygen atoms in total. The third-order valence-electron chi connectivity index (χ3n) is 8.51. The molecule has 0 saturated heterocycles. The van der Waals surface area contributed by atoms with Crippen LogP contribution in [0, 0.1) is 0 Å². The molecule has 0 aliphatic rings. The van der Waals surface area contributed by atoms with E-state index in [-0.39, 0.29) is 13.2 Å². The van der Waals surface area contributed by atoms with Crippen LogP contribution in [0.3, 0.4) is 0 Å². The third kappa shape index (κ3) is 17.5. The van der Waals surface area contributed by atoms with Gasteiger partial charge >= 0.3 is 38.8 Å². The van der Waals surface area contributed by atoms with Crippen LogP contribution in [0.15, 0.2) is 0 Å². The SMILES string of the molecule is COC(F)(F)OC(F)(F)COCCOCCC[Si](CCC[Si](OC)(OC)OC)(CCC[Si](OC)(OC)OC)CCC[Si](OC)(OC)OC. The first-order valence-corrected chi connectivity index (χ1v) is 24.4. The lowest BCUT2D eigenvalue weighted by Gasteiger charge is -2.35. The molecule has 0 aliphatic carbocycles. The van der Waals surface area contributed by atoms with E-state index < -0.39 is 53.5 Å². The molecule has 48 heavy (non-hydrogen) atoms. The van der Waals surface area contributed by atoms with Crippen molar-refractivity contribution in [1.82, 2.24) is 0 Å². The maximum absolute atomic E-state index is 13.6. The van der Waals surface area contributed by atoms with Crippen LogP contribution in [-0.4, -0.2) is 144 Å². The van der Waals surface area contributed by atoms with Crippen molar-refractivity contribution >= 4 is 34.5 Å². The summed E-state index contributed by atoms with van der Waals surface area (Å²) in [4.78, 5) is 0. The smallest absolute Gasteiger partial charge is 0.379 e. The van der Waals surface area contributed by atoms with Crippen molar-refractivity contribution in [2.45, 2.75) is 80.4 Å². The highest BCUT2D eigenvalue weighted by Gasteiger charge is 2.46. The van der Waals surface area contributed by atoms with Crippen molar-refractivity contribution in [2.24, 2.45) is 0 Å². The van der Waals surface area contributed by atoms with Crippen molar-refractivity contribution in [3.05, 3.63) is 0 Å². The number of methoxy groups -OCH3 is 1. The molecule has 0 aromatic rings. The molecular formula is C27H60F4O13Si4. The predicted octanol–water partition coefficient (Wildman–Crippen LogP) is 5.47. The maximum Gasteiger partial charge on any atom is 0.500 e. The fourth-order valence-electron chi connectivity index (χ4n) is 5.66. The summed E-state index contributed by atoms with van der Waals surface area (Å²) in [5, 5.41) is 0. The van der Waals surface area contributed by atoms with Crippen LogP contribution in [0.2, 0.25) is 42.3 Å². The molecule has 0 aliphatic heterocycles. The molecule has 290 valence electrons. The molecule has 21 heteroatoms.